The molecule has 1 aliphatic rings. The molecule has 1 aromatic heterocycles. The van der Waals surface area contributed by atoms with E-state index in [9.17, 15) is 4.79 Å². The summed E-state index contributed by atoms with van der Waals surface area (Å²) < 4.78 is 1.57. The molecule has 0 radical (unpaired) electrons. The molecule has 1 aliphatic heterocycles. The number of aromatic nitrogens is 2. The molecule has 0 saturated carbocycles. The van der Waals surface area contributed by atoms with Crippen LogP contribution < -0.4 is 0 Å². The van der Waals surface area contributed by atoms with Gasteiger partial charge in [-0.3, -0.25) is 4.57 Å². The van der Waals surface area contributed by atoms with Crippen molar-refractivity contribution in [3.63, 3.8) is 0 Å². The van der Waals surface area contributed by atoms with E-state index in [-0.39, 0.29) is 6.03 Å². The number of imidazole rings is 1. The van der Waals surface area contributed by atoms with Crippen molar-refractivity contribution in [3.8, 4) is 0 Å². The van der Waals surface area contributed by atoms with E-state index in [1.54, 1.807) is 23.3 Å². The Kier molecular flexibility index (Phi) is 4.18. The second kappa shape index (κ2) is 5.84. The van der Waals surface area contributed by atoms with Crippen molar-refractivity contribution in [2.45, 2.75) is 39.0 Å². The van der Waals surface area contributed by atoms with Crippen LogP contribution in [0.1, 0.15) is 39.0 Å². The minimum absolute atomic E-state index is 0.0691. The summed E-state index contributed by atoms with van der Waals surface area (Å²) in [5, 5.41) is 0. The van der Waals surface area contributed by atoms with E-state index in [4.69, 9.17) is 0 Å². The predicted octanol–water partition coefficient (Wildman–Crippen LogP) is 2.75. The second-order valence-corrected chi connectivity index (χ2v) is 4.83. The largest absolute Gasteiger partial charge is 0.329 e. The molecule has 2 rings (SSSR count). The highest BCUT2D eigenvalue weighted by atomic mass is 16.2. The van der Waals surface area contributed by atoms with Crippen LogP contribution in [0.2, 0.25) is 0 Å². The molecule has 1 aromatic rings. The average molecular weight is 235 g/mol. The van der Waals surface area contributed by atoms with Gasteiger partial charge >= 0.3 is 6.03 Å². The summed E-state index contributed by atoms with van der Waals surface area (Å²) in [5.41, 5.74) is 0. The van der Waals surface area contributed by atoms with Gasteiger partial charge < -0.3 is 4.90 Å². The fourth-order valence-electron chi connectivity index (χ4n) is 2.59. The van der Waals surface area contributed by atoms with Crippen molar-refractivity contribution in [3.05, 3.63) is 18.7 Å². The number of hydrogen-bond acceptors (Lipinski definition) is 2. The van der Waals surface area contributed by atoms with Gasteiger partial charge in [-0.15, -0.1) is 0 Å². The molecule has 0 N–H and O–H groups in total. The van der Waals surface area contributed by atoms with Crippen molar-refractivity contribution < 1.29 is 4.79 Å². The molecule has 0 spiro atoms. The Labute approximate surface area is 103 Å². The average Bonchev–Trinajstić information content (AvgIpc) is 2.76. The summed E-state index contributed by atoms with van der Waals surface area (Å²) in [5.74, 6) is 0.806. The highest BCUT2D eigenvalue weighted by Crippen LogP contribution is 2.22. The van der Waals surface area contributed by atoms with Gasteiger partial charge in [0.25, 0.3) is 0 Å². The van der Waals surface area contributed by atoms with Crippen molar-refractivity contribution >= 4 is 6.03 Å². The minimum Gasteiger partial charge on any atom is -0.324 e. The Morgan fingerprint density at radius 3 is 3.00 bits per heavy atom. The maximum atomic E-state index is 12.1. The van der Waals surface area contributed by atoms with Gasteiger partial charge in [-0.2, -0.15) is 0 Å². The van der Waals surface area contributed by atoms with Crippen LogP contribution in [0, 0.1) is 5.92 Å². The number of rotatable bonds is 2. The first-order valence-electron chi connectivity index (χ1n) is 6.58. The van der Waals surface area contributed by atoms with Crippen molar-refractivity contribution in [1.82, 2.24) is 14.5 Å². The van der Waals surface area contributed by atoms with Gasteiger partial charge in [-0.1, -0.05) is 19.8 Å². The molecule has 4 heteroatoms. The fourth-order valence-corrected chi connectivity index (χ4v) is 2.59. The standard InChI is InChI=1S/C13H21N3O/c1-2-4-12-5-3-8-15(9-6-12)13(17)16-10-7-14-11-16/h7,10-12H,2-6,8-9H2,1H3. The summed E-state index contributed by atoms with van der Waals surface area (Å²) in [4.78, 5) is 18.0. The van der Waals surface area contributed by atoms with Crippen molar-refractivity contribution in [2.24, 2.45) is 5.92 Å². The van der Waals surface area contributed by atoms with E-state index < -0.39 is 0 Å². The van der Waals surface area contributed by atoms with Crippen LogP contribution in [0.4, 0.5) is 4.79 Å². The number of carbonyl (C=O) groups is 1. The zero-order chi connectivity index (χ0) is 12.1. The van der Waals surface area contributed by atoms with Crippen LogP contribution in [-0.4, -0.2) is 33.6 Å². The summed E-state index contributed by atoms with van der Waals surface area (Å²) in [6.07, 6.45) is 11.0. The Bertz CT molecular complexity index is 348. The number of hydrogen-bond donors (Lipinski definition) is 0. The lowest BCUT2D eigenvalue weighted by Crippen LogP contribution is -2.34. The summed E-state index contributed by atoms with van der Waals surface area (Å²) in [6, 6.07) is 0.0691. The number of carbonyl (C=O) groups excluding carboxylic acids is 1. The van der Waals surface area contributed by atoms with Gasteiger partial charge in [0.1, 0.15) is 6.33 Å². The van der Waals surface area contributed by atoms with Crippen LogP contribution in [0.3, 0.4) is 0 Å². The van der Waals surface area contributed by atoms with E-state index in [0.717, 1.165) is 31.8 Å². The van der Waals surface area contributed by atoms with E-state index >= 15 is 0 Å². The first-order valence-corrected chi connectivity index (χ1v) is 6.58. The van der Waals surface area contributed by atoms with Crippen LogP contribution >= 0.6 is 0 Å². The molecular weight excluding hydrogens is 214 g/mol. The lowest BCUT2D eigenvalue weighted by Gasteiger charge is -2.20. The highest BCUT2D eigenvalue weighted by molar-refractivity contribution is 5.76. The Morgan fingerprint density at radius 2 is 2.29 bits per heavy atom. The molecular formula is C13H21N3O. The molecule has 1 saturated heterocycles. The van der Waals surface area contributed by atoms with Gasteiger partial charge in [0.15, 0.2) is 0 Å². The zero-order valence-electron chi connectivity index (χ0n) is 10.5. The van der Waals surface area contributed by atoms with Gasteiger partial charge in [0.05, 0.1) is 0 Å². The molecule has 94 valence electrons. The Morgan fingerprint density at radius 1 is 1.41 bits per heavy atom. The maximum Gasteiger partial charge on any atom is 0.329 e. The molecule has 17 heavy (non-hydrogen) atoms. The first-order chi connectivity index (χ1) is 8.31. The van der Waals surface area contributed by atoms with Crippen LogP contribution in [0.5, 0.6) is 0 Å². The van der Waals surface area contributed by atoms with Crippen LogP contribution in [0.15, 0.2) is 18.7 Å². The monoisotopic (exact) mass is 235 g/mol. The molecule has 1 fully saturated rings. The molecule has 4 nitrogen and oxygen atoms in total. The number of likely N-dealkylation sites (tertiary alicyclic amines) is 1. The lowest BCUT2D eigenvalue weighted by atomic mass is 9.96. The van der Waals surface area contributed by atoms with Gasteiger partial charge in [0.2, 0.25) is 0 Å². The SMILES string of the molecule is CCCC1CCCN(C(=O)n2ccnc2)CC1. The molecule has 2 heterocycles. The smallest absolute Gasteiger partial charge is 0.324 e. The quantitative estimate of drug-likeness (QED) is 0.790. The van der Waals surface area contributed by atoms with Crippen molar-refractivity contribution in [1.29, 1.82) is 0 Å². The zero-order valence-corrected chi connectivity index (χ0v) is 10.5. The normalized spacial score (nSPS) is 21.2. The lowest BCUT2D eigenvalue weighted by molar-refractivity contribution is 0.200. The Hall–Kier alpha value is -1.32. The Balaban J connectivity index is 1.92. The van der Waals surface area contributed by atoms with Gasteiger partial charge in [-0.25, -0.2) is 9.78 Å². The maximum absolute atomic E-state index is 12.1. The molecule has 1 amide bonds. The second-order valence-electron chi connectivity index (χ2n) is 4.83. The van der Waals surface area contributed by atoms with Gasteiger partial charge in [0, 0.05) is 25.5 Å². The molecule has 1 unspecified atom stereocenters. The minimum atomic E-state index is 0.0691. The topological polar surface area (TPSA) is 38.1 Å². The number of amides is 1. The third kappa shape index (κ3) is 3.08. The van der Waals surface area contributed by atoms with E-state index in [1.807, 2.05) is 4.90 Å². The summed E-state index contributed by atoms with van der Waals surface area (Å²) in [7, 11) is 0. The molecule has 0 bridgehead atoms. The van der Waals surface area contributed by atoms with E-state index in [1.165, 1.54) is 19.3 Å². The molecule has 0 aliphatic carbocycles. The molecule has 0 aromatic carbocycles. The highest BCUT2D eigenvalue weighted by Gasteiger charge is 2.20. The third-order valence-electron chi connectivity index (χ3n) is 3.54. The third-order valence-corrected chi connectivity index (χ3v) is 3.54. The van der Waals surface area contributed by atoms with Crippen molar-refractivity contribution in [2.75, 3.05) is 13.1 Å². The van der Waals surface area contributed by atoms with E-state index in [0.29, 0.717) is 0 Å². The van der Waals surface area contributed by atoms with Gasteiger partial charge in [-0.05, 0) is 25.2 Å². The number of nitrogens with zero attached hydrogens (tertiary/aromatic N) is 3. The molecule has 1 atom stereocenters. The van der Waals surface area contributed by atoms with Crippen LogP contribution in [0.25, 0.3) is 0 Å². The fraction of sp³-hybridized carbons (Fsp3) is 0.692. The first kappa shape index (κ1) is 12.1. The summed E-state index contributed by atoms with van der Waals surface area (Å²) >= 11 is 0. The predicted molar refractivity (Wildman–Crippen MR) is 66.8 cm³/mol. The van der Waals surface area contributed by atoms with E-state index in [2.05, 4.69) is 11.9 Å². The summed E-state index contributed by atoms with van der Waals surface area (Å²) in [6.45, 7) is 4.01. The van der Waals surface area contributed by atoms with Crippen LogP contribution in [-0.2, 0) is 0 Å².